The van der Waals surface area contributed by atoms with Crippen LogP contribution in [0.25, 0.3) is 0 Å². The van der Waals surface area contributed by atoms with E-state index in [1.165, 1.54) is 10.7 Å². The number of aryl methyl sites for hydroxylation is 3. The molecule has 2 amide bonds. The molecule has 4 rings (SSSR count). The molecule has 0 aromatic heterocycles. The van der Waals surface area contributed by atoms with Gasteiger partial charge in [0.15, 0.2) is 0 Å². The van der Waals surface area contributed by atoms with Crippen molar-refractivity contribution in [2.75, 3.05) is 10.8 Å². The lowest BCUT2D eigenvalue weighted by molar-refractivity contribution is -0.140. The van der Waals surface area contributed by atoms with Crippen molar-refractivity contribution in [3.05, 3.63) is 95.1 Å². The lowest BCUT2D eigenvalue weighted by Gasteiger charge is -2.34. The molecule has 0 aliphatic heterocycles. The minimum absolute atomic E-state index is 0.0999. The minimum Gasteiger partial charge on any atom is -0.352 e. The van der Waals surface area contributed by atoms with Crippen molar-refractivity contribution in [2.24, 2.45) is 0 Å². The summed E-state index contributed by atoms with van der Waals surface area (Å²) in [5.41, 5.74) is 4.16. The Balaban J connectivity index is 1.71. The average molecular weight is 590 g/mol. The number of hydrogen-bond donors (Lipinski definition) is 1. The average Bonchev–Trinajstić information content (AvgIpc) is 2.98. The van der Waals surface area contributed by atoms with E-state index in [9.17, 15) is 18.0 Å². The van der Waals surface area contributed by atoms with Crippen molar-refractivity contribution in [2.45, 2.75) is 89.7 Å². The van der Waals surface area contributed by atoms with Crippen LogP contribution in [-0.2, 0) is 26.2 Å². The van der Waals surface area contributed by atoms with Crippen LogP contribution in [0.4, 0.5) is 5.69 Å². The molecule has 3 aromatic rings. The molecular weight excluding hydrogens is 546 g/mol. The molecule has 1 N–H and O–H groups in total. The molecule has 42 heavy (non-hydrogen) atoms. The van der Waals surface area contributed by atoms with Crippen molar-refractivity contribution in [1.29, 1.82) is 0 Å². The Hall–Kier alpha value is -3.65. The Morgan fingerprint density at radius 1 is 0.881 bits per heavy atom. The van der Waals surface area contributed by atoms with E-state index in [1.54, 1.807) is 41.3 Å². The maximum absolute atomic E-state index is 14.3. The predicted octanol–water partition coefficient (Wildman–Crippen LogP) is 6.06. The van der Waals surface area contributed by atoms with Crippen molar-refractivity contribution in [1.82, 2.24) is 10.2 Å². The second kappa shape index (κ2) is 14.0. The number of nitrogens with one attached hydrogen (secondary N) is 1. The molecule has 1 fully saturated rings. The van der Waals surface area contributed by atoms with Crippen LogP contribution in [0.15, 0.2) is 77.7 Å². The molecule has 8 heteroatoms. The predicted molar refractivity (Wildman–Crippen MR) is 168 cm³/mol. The van der Waals surface area contributed by atoms with E-state index in [-0.39, 0.29) is 23.4 Å². The number of anilines is 1. The molecule has 7 nitrogen and oxygen atoms in total. The zero-order valence-corrected chi connectivity index (χ0v) is 26.0. The summed E-state index contributed by atoms with van der Waals surface area (Å²) in [6.07, 6.45) is 5.61. The maximum Gasteiger partial charge on any atom is 0.264 e. The van der Waals surface area contributed by atoms with Crippen LogP contribution in [0.5, 0.6) is 0 Å². The fourth-order valence-electron chi connectivity index (χ4n) is 5.49. The fraction of sp³-hybridized carbons (Fsp3) is 0.412. The van der Waals surface area contributed by atoms with Crippen LogP contribution in [0.1, 0.15) is 67.7 Å². The summed E-state index contributed by atoms with van der Waals surface area (Å²) in [6.45, 7) is 7.43. The van der Waals surface area contributed by atoms with E-state index < -0.39 is 28.5 Å². The summed E-state index contributed by atoms with van der Waals surface area (Å²) in [7, 11) is -4.09. The van der Waals surface area contributed by atoms with Gasteiger partial charge in [0.1, 0.15) is 12.6 Å². The first-order valence-corrected chi connectivity index (χ1v) is 16.3. The molecule has 224 valence electrons. The van der Waals surface area contributed by atoms with E-state index in [1.807, 2.05) is 64.1 Å². The zero-order chi connectivity index (χ0) is 30.3. The Kier molecular flexibility index (Phi) is 10.4. The fourth-order valence-corrected chi connectivity index (χ4v) is 6.90. The SMILES string of the molecule is CC[C@H](C(=O)NC1CCCCC1)N(Cc1ccccc1)C(=O)CN(c1ccc(C)c(C)c1)S(=O)(=O)c1ccc(C)cc1. The Labute approximate surface area is 251 Å². The molecule has 0 saturated heterocycles. The van der Waals surface area contributed by atoms with E-state index in [0.29, 0.717) is 12.1 Å². The second-order valence-corrected chi connectivity index (χ2v) is 13.2. The summed E-state index contributed by atoms with van der Waals surface area (Å²) in [5.74, 6) is -0.619. The van der Waals surface area contributed by atoms with Gasteiger partial charge in [0.2, 0.25) is 11.8 Å². The number of hydrogen-bond acceptors (Lipinski definition) is 4. The van der Waals surface area contributed by atoms with Crippen molar-refractivity contribution in [3.63, 3.8) is 0 Å². The number of sulfonamides is 1. The molecule has 0 heterocycles. The maximum atomic E-state index is 14.3. The van der Waals surface area contributed by atoms with Gasteiger partial charge in [-0.3, -0.25) is 13.9 Å². The molecule has 0 bridgehead atoms. The molecule has 3 aromatic carbocycles. The number of carbonyl (C=O) groups excluding carboxylic acids is 2. The van der Waals surface area contributed by atoms with Crippen LogP contribution < -0.4 is 9.62 Å². The molecule has 1 saturated carbocycles. The highest BCUT2D eigenvalue weighted by Crippen LogP contribution is 2.27. The minimum atomic E-state index is -4.09. The first-order chi connectivity index (χ1) is 20.1. The quantitative estimate of drug-likeness (QED) is 0.294. The Morgan fingerprint density at radius 2 is 1.55 bits per heavy atom. The third kappa shape index (κ3) is 7.59. The van der Waals surface area contributed by atoms with E-state index >= 15 is 0 Å². The van der Waals surface area contributed by atoms with E-state index in [2.05, 4.69) is 5.32 Å². The third-order valence-corrected chi connectivity index (χ3v) is 9.99. The van der Waals surface area contributed by atoms with Crippen LogP contribution in [0, 0.1) is 20.8 Å². The van der Waals surface area contributed by atoms with Gasteiger partial charge in [0, 0.05) is 12.6 Å². The lowest BCUT2D eigenvalue weighted by Crippen LogP contribution is -2.54. The molecule has 1 aliphatic rings. The van der Waals surface area contributed by atoms with Gasteiger partial charge in [-0.05, 0) is 81.0 Å². The van der Waals surface area contributed by atoms with Crippen LogP contribution in [0.2, 0.25) is 0 Å². The Bertz CT molecular complexity index is 1470. The first-order valence-electron chi connectivity index (χ1n) is 14.9. The molecule has 0 radical (unpaired) electrons. The summed E-state index contributed by atoms with van der Waals surface area (Å²) in [5, 5.41) is 3.19. The van der Waals surface area contributed by atoms with E-state index in [4.69, 9.17) is 0 Å². The largest absolute Gasteiger partial charge is 0.352 e. The molecule has 1 atom stereocenters. The second-order valence-electron chi connectivity index (χ2n) is 11.4. The van der Waals surface area contributed by atoms with Crippen molar-refractivity contribution in [3.8, 4) is 0 Å². The van der Waals surface area contributed by atoms with Gasteiger partial charge < -0.3 is 10.2 Å². The van der Waals surface area contributed by atoms with Gasteiger partial charge in [-0.1, -0.05) is 80.3 Å². The molecule has 0 spiro atoms. The van der Waals surface area contributed by atoms with Crippen LogP contribution in [-0.4, -0.2) is 43.8 Å². The number of amides is 2. The van der Waals surface area contributed by atoms with Gasteiger partial charge in [-0.2, -0.15) is 0 Å². The lowest BCUT2D eigenvalue weighted by atomic mass is 9.95. The molecule has 1 aliphatic carbocycles. The standard InChI is InChI=1S/C34H43N3O4S/c1-5-32(34(39)35-29-14-10-7-11-15-29)36(23-28-12-8-6-9-13-28)33(38)24-37(30-19-18-26(3)27(4)22-30)42(40,41)31-20-16-25(2)17-21-31/h6,8-9,12-13,16-22,29,32H,5,7,10-11,14-15,23-24H2,1-4H3,(H,35,39)/t32-/m1/s1. The van der Waals surface area contributed by atoms with Gasteiger partial charge in [-0.15, -0.1) is 0 Å². The van der Waals surface area contributed by atoms with E-state index in [0.717, 1.165) is 47.9 Å². The van der Waals surface area contributed by atoms with Crippen molar-refractivity contribution < 1.29 is 18.0 Å². The zero-order valence-electron chi connectivity index (χ0n) is 25.2. The number of rotatable bonds is 11. The highest BCUT2D eigenvalue weighted by Gasteiger charge is 2.34. The highest BCUT2D eigenvalue weighted by atomic mass is 32.2. The van der Waals surface area contributed by atoms with Gasteiger partial charge in [-0.25, -0.2) is 8.42 Å². The van der Waals surface area contributed by atoms with Gasteiger partial charge in [0.05, 0.1) is 10.6 Å². The van der Waals surface area contributed by atoms with Gasteiger partial charge in [0.25, 0.3) is 10.0 Å². The summed E-state index contributed by atoms with van der Waals surface area (Å²) >= 11 is 0. The Morgan fingerprint density at radius 3 is 2.17 bits per heavy atom. The number of benzene rings is 3. The molecular formula is C34H43N3O4S. The normalized spacial score (nSPS) is 14.7. The van der Waals surface area contributed by atoms with Gasteiger partial charge >= 0.3 is 0 Å². The van der Waals surface area contributed by atoms with Crippen LogP contribution in [0.3, 0.4) is 0 Å². The van der Waals surface area contributed by atoms with Crippen LogP contribution >= 0.6 is 0 Å². The third-order valence-electron chi connectivity index (χ3n) is 8.20. The smallest absolute Gasteiger partial charge is 0.264 e. The van der Waals surface area contributed by atoms with Crippen molar-refractivity contribution >= 4 is 27.5 Å². The number of nitrogens with zero attached hydrogens (tertiary/aromatic N) is 2. The molecule has 0 unspecified atom stereocenters. The monoisotopic (exact) mass is 589 g/mol. The summed E-state index contributed by atoms with van der Waals surface area (Å²) in [4.78, 5) is 29.5. The number of carbonyl (C=O) groups is 2. The highest BCUT2D eigenvalue weighted by molar-refractivity contribution is 7.92. The topological polar surface area (TPSA) is 86.8 Å². The first kappa shape index (κ1) is 31.3. The summed E-state index contributed by atoms with van der Waals surface area (Å²) < 4.78 is 29.3. The summed E-state index contributed by atoms with van der Waals surface area (Å²) in [6, 6.07) is 20.9.